The van der Waals surface area contributed by atoms with Crippen molar-refractivity contribution in [1.82, 2.24) is 4.90 Å². The molecule has 2 nitrogen and oxygen atoms in total. The van der Waals surface area contributed by atoms with E-state index in [0.29, 0.717) is 0 Å². The molecule has 1 fully saturated rings. The van der Waals surface area contributed by atoms with Gasteiger partial charge in [0.15, 0.2) is 0 Å². The second kappa shape index (κ2) is 4.43. The van der Waals surface area contributed by atoms with E-state index in [-0.39, 0.29) is 0 Å². The minimum atomic E-state index is 0.884. The maximum atomic E-state index is 2.59. The van der Waals surface area contributed by atoms with Crippen molar-refractivity contribution in [2.24, 2.45) is 0 Å². The van der Waals surface area contributed by atoms with E-state index in [1.54, 1.807) is 0 Å². The molecule has 1 aliphatic heterocycles. The molecule has 78 valence electrons. The molecule has 2 atom stereocenters. The Bertz CT molecular complexity index is 158. The summed E-state index contributed by atoms with van der Waals surface area (Å²) in [6.45, 7) is 12.0. The Balaban J connectivity index is 2.59. The van der Waals surface area contributed by atoms with Crippen LogP contribution in [0.3, 0.4) is 0 Å². The van der Waals surface area contributed by atoms with Crippen LogP contribution in [0.4, 0.5) is 0 Å². The fourth-order valence-electron chi connectivity index (χ4n) is 2.45. The number of nitrogens with zero attached hydrogens (tertiary/aromatic N) is 2. The second-order valence-electron chi connectivity index (χ2n) is 4.55. The first kappa shape index (κ1) is 11.0. The van der Waals surface area contributed by atoms with Crippen molar-refractivity contribution in [1.29, 1.82) is 0 Å². The summed E-state index contributed by atoms with van der Waals surface area (Å²) in [7, 11) is 2.41. The van der Waals surface area contributed by atoms with Crippen LogP contribution < -0.4 is 0 Å². The molecule has 1 heterocycles. The average Bonchev–Trinajstić information content (AvgIpc) is 2.45. The first-order valence-electron chi connectivity index (χ1n) is 5.72. The van der Waals surface area contributed by atoms with E-state index in [0.717, 1.165) is 6.04 Å². The van der Waals surface area contributed by atoms with E-state index in [4.69, 9.17) is 0 Å². The molecule has 0 aromatic rings. The minimum absolute atomic E-state index is 0.884. The van der Waals surface area contributed by atoms with Crippen LogP contribution in [0.1, 0.15) is 33.6 Å². The molecule has 1 saturated heterocycles. The maximum Gasteiger partial charge on any atom is 0.135 e. The van der Waals surface area contributed by atoms with Crippen LogP contribution in [0.2, 0.25) is 0 Å². The Morgan fingerprint density at radius 1 is 1.31 bits per heavy atom. The zero-order valence-corrected chi connectivity index (χ0v) is 9.71. The lowest BCUT2D eigenvalue weighted by Gasteiger charge is -2.34. The van der Waals surface area contributed by atoms with Gasteiger partial charge in [-0.2, -0.15) is 0 Å². The van der Waals surface area contributed by atoms with Gasteiger partial charge in [0.2, 0.25) is 0 Å². The van der Waals surface area contributed by atoms with Gasteiger partial charge in [0.1, 0.15) is 12.7 Å². The summed E-state index contributed by atoms with van der Waals surface area (Å²) in [5.74, 6) is 0. The van der Waals surface area contributed by atoms with Crippen LogP contribution in [0.25, 0.3) is 0 Å². The third kappa shape index (κ3) is 2.23. The number of hydrogen-bond donors (Lipinski definition) is 0. The Kier molecular flexibility index (Phi) is 3.74. The Morgan fingerprint density at radius 2 is 2.00 bits per heavy atom. The highest BCUT2D eigenvalue weighted by Gasteiger charge is 2.39. The molecule has 0 bridgehead atoms. The third-order valence-electron chi connectivity index (χ3n) is 3.67. The van der Waals surface area contributed by atoms with Crippen LogP contribution in [-0.2, 0) is 0 Å². The summed E-state index contributed by atoms with van der Waals surface area (Å²) in [5, 5.41) is 0. The van der Waals surface area contributed by atoms with Gasteiger partial charge in [-0.05, 0) is 6.92 Å². The molecular formula is C11H25N2+. The standard InChI is InChI=1S/C11H25N2/c1-5-8-11-9-12(6-2)10-13(11,4)7-3/h11H,5-10H2,1-4H3/q+1/t11?,13-/m0/s1. The van der Waals surface area contributed by atoms with Crippen LogP contribution in [-0.4, -0.2) is 48.8 Å². The van der Waals surface area contributed by atoms with E-state index in [9.17, 15) is 0 Å². The van der Waals surface area contributed by atoms with Crippen molar-refractivity contribution in [3.05, 3.63) is 0 Å². The summed E-state index contributed by atoms with van der Waals surface area (Å²) in [5.41, 5.74) is 0. The average molecular weight is 185 g/mol. The number of likely N-dealkylation sites (N-methyl/N-ethyl adjacent to an activating group) is 2. The first-order valence-corrected chi connectivity index (χ1v) is 5.72. The van der Waals surface area contributed by atoms with Crippen LogP contribution in [0.15, 0.2) is 0 Å². The van der Waals surface area contributed by atoms with Crippen molar-refractivity contribution in [3.63, 3.8) is 0 Å². The van der Waals surface area contributed by atoms with Crippen molar-refractivity contribution in [2.45, 2.75) is 39.7 Å². The summed E-state index contributed by atoms with van der Waals surface area (Å²) in [6.07, 6.45) is 2.72. The van der Waals surface area contributed by atoms with E-state index >= 15 is 0 Å². The quantitative estimate of drug-likeness (QED) is 0.605. The van der Waals surface area contributed by atoms with Gasteiger partial charge < -0.3 is 4.48 Å². The molecular weight excluding hydrogens is 160 g/mol. The highest BCUT2D eigenvalue weighted by Crippen LogP contribution is 2.23. The molecule has 0 radical (unpaired) electrons. The van der Waals surface area contributed by atoms with Crippen molar-refractivity contribution >= 4 is 0 Å². The van der Waals surface area contributed by atoms with Gasteiger partial charge in [-0.15, -0.1) is 0 Å². The van der Waals surface area contributed by atoms with E-state index < -0.39 is 0 Å². The topological polar surface area (TPSA) is 3.24 Å². The summed E-state index contributed by atoms with van der Waals surface area (Å²) < 4.78 is 1.27. The molecule has 0 aromatic heterocycles. The normalized spacial score (nSPS) is 35.5. The molecule has 0 aliphatic carbocycles. The predicted octanol–water partition coefficient (Wildman–Crippen LogP) is 1.91. The smallest absolute Gasteiger partial charge is 0.135 e. The van der Waals surface area contributed by atoms with Gasteiger partial charge in [-0.3, -0.25) is 4.90 Å². The molecule has 1 unspecified atom stereocenters. The SMILES string of the molecule is CCCC1CN(CC)C[N@+]1(C)CC. The van der Waals surface area contributed by atoms with Crippen molar-refractivity contribution in [3.8, 4) is 0 Å². The van der Waals surface area contributed by atoms with Gasteiger partial charge in [0.05, 0.1) is 20.1 Å². The van der Waals surface area contributed by atoms with Crippen molar-refractivity contribution < 1.29 is 4.48 Å². The minimum Gasteiger partial charge on any atom is -0.310 e. The number of quaternary nitrogens is 1. The summed E-state index contributed by atoms with van der Waals surface area (Å²) in [6, 6.07) is 0.884. The fourth-order valence-corrected chi connectivity index (χ4v) is 2.45. The number of rotatable bonds is 4. The van der Waals surface area contributed by atoms with Gasteiger partial charge in [-0.25, -0.2) is 0 Å². The van der Waals surface area contributed by atoms with Crippen molar-refractivity contribution in [2.75, 3.05) is 33.4 Å². The van der Waals surface area contributed by atoms with Gasteiger partial charge in [0.25, 0.3) is 0 Å². The Hall–Kier alpha value is -0.0800. The molecule has 13 heavy (non-hydrogen) atoms. The lowest BCUT2D eigenvalue weighted by atomic mass is 10.1. The fraction of sp³-hybridized carbons (Fsp3) is 1.00. The molecule has 0 aromatic carbocycles. The molecule has 0 saturated carbocycles. The predicted molar refractivity (Wildman–Crippen MR) is 57.5 cm³/mol. The van der Waals surface area contributed by atoms with Gasteiger partial charge in [0, 0.05) is 13.0 Å². The van der Waals surface area contributed by atoms with Crippen LogP contribution in [0.5, 0.6) is 0 Å². The molecule has 1 rings (SSSR count). The third-order valence-corrected chi connectivity index (χ3v) is 3.67. The number of hydrogen-bond acceptors (Lipinski definition) is 1. The molecule has 0 spiro atoms. The van der Waals surface area contributed by atoms with E-state index in [1.165, 1.54) is 43.6 Å². The zero-order valence-electron chi connectivity index (χ0n) is 9.71. The molecule has 0 N–H and O–H groups in total. The Morgan fingerprint density at radius 3 is 2.46 bits per heavy atom. The van der Waals surface area contributed by atoms with Gasteiger partial charge >= 0.3 is 0 Å². The van der Waals surface area contributed by atoms with E-state index in [1.807, 2.05) is 0 Å². The lowest BCUT2D eigenvalue weighted by molar-refractivity contribution is -0.923. The first-order chi connectivity index (χ1) is 6.16. The second-order valence-corrected chi connectivity index (χ2v) is 4.55. The molecule has 2 heteroatoms. The molecule has 0 amide bonds. The lowest BCUT2D eigenvalue weighted by Crippen LogP contribution is -2.49. The zero-order chi connectivity index (χ0) is 9.90. The van der Waals surface area contributed by atoms with Crippen LogP contribution >= 0.6 is 0 Å². The summed E-state index contributed by atoms with van der Waals surface area (Å²) >= 11 is 0. The molecule has 1 aliphatic rings. The maximum absolute atomic E-state index is 2.59. The highest BCUT2D eigenvalue weighted by atomic mass is 15.5. The van der Waals surface area contributed by atoms with E-state index in [2.05, 4.69) is 32.7 Å². The van der Waals surface area contributed by atoms with Crippen LogP contribution in [0, 0.1) is 0 Å². The highest BCUT2D eigenvalue weighted by molar-refractivity contribution is 4.70. The largest absolute Gasteiger partial charge is 0.310 e. The summed E-state index contributed by atoms with van der Waals surface area (Å²) in [4.78, 5) is 2.59. The van der Waals surface area contributed by atoms with Gasteiger partial charge in [-0.1, -0.05) is 20.3 Å². The monoisotopic (exact) mass is 185 g/mol. The Labute approximate surface area is 83.1 Å².